The lowest BCUT2D eigenvalue weighted by Gasteiger charge is -2.17. The summed E-state index contributed by atoms with van der Waals surface area (Å²) >= 11 is 0. The molecule has 0 spiro atoms. The molecule has 1 aromatic heterocycles. The minimum Gasteiger partial charge on any atom is -0.317 e. The van der Waals surface area contributed by atoms with E-state index in [1.54, 1.807) is 0 Å². The molecule has 1 aromatic carbocycles. The van der Waals surface area contributed by atoms with Gasteiger partial charge < -0.3 is 5.32 Å². The number of hydrogen-bond donors (Lipinski definition) is 1. The second kappa shape index (κ2) is 7.20. The molecule has 0 saturated carbocycles. The second-order valence-electron chi connectivity index (χ2n) is 5.51. The van der Waals surface area contributed by atoms with E-state index in [9.17, 15) is 0 Å². The molecular formula is C18H24N2. The highest BCUT2D eigenvalue weighted by molar-refractivity contribution is 5.30. The summed E-state index contributed by atoms with van der Waals surface area (Å²) < 4.78 is 0. The first-order chi connectivity index (χ1) is 9.69. The number of nitrogens with zero attached hydrogens (tertiary/aromatic N) is 1. The van der Waals surface area contributed by atoms with Gasteiger partial charge in [-0.3, -0.25) is 4.98 Å². The molecule has 2 heteroatoms. The van der Waals surface area contributed by atoms with Crippen LogP contribution in [0.2, 0.25) is 0 Å². The SMILES string of the molecule is CNC(CCc1cccnc1)Cc1ccc(C)c(C)c1. The molecule has 1 unspecified atom stereocenters. The van der Waals surface area contributed by atoms with Crippen LogP contribution >= 0.6 is 0 Å². The first-order valence-corrected chi connectivity index (χ1v) is 7.31. The molecule has 2 nitrogen and oxygen atoms in total. The Labute approximate surface area is 122 Å². The normalized spacial score (nSPS) is 12.3. The molecule has 20 heavy (non-hydrogen) atoms. The van der Waals surface area contributed by atoms with E-state index < -0.39 is 0 Å². The third-order valence-corrected chi connectivity index (χ3v) is 3.97. The average molecular weight is 268 g/mol. The highest BCUT2D eigenvalue weighted by atomic mass is 14.9. The van der Waals surface area contributed by atoms with Crippen LogP contribution in [0, 0.1) is 13.8 Å². The van der Waals surface area contributed by atoms with E-state index in [4.69, 9.17) is 0 Å². The summed E-state index contributed by atoms with van der Waals surface area (Å²) in [4.78, 5) is 4.17. The summed E-state index contributed by atoms with van der Waals surface area (Å²) in [5.41, 5.74) is 5.47. The average Bonchev–Trinajstić information content (AvgIpc) is 2.48. The molecule has 1 atom stereocenters. The summed E-state index contributed by atoms with van der Waals surface area (Å²) in [6.45, 7) is 4.35. The van der Waals surface area contributed by atoms with Gasteiger partial charge in [0.2, 0.25) is 0 Å². The van der Waals surface area contributed by atoms with Crippen molar-refractivity contribution in [1.82, 2.24) is 10.3 Å². The molecule has 0 saturated heterocycles. The van der Waals surface area contributed by atoms with Gasteiger partial charge in [-0.2, -0.15) is 0 Å². The van der Waals surface area contributed by atoms with Crippen LogP contribution in [0.5, 0.6) is 0 Å². The van der Waals surface area contributed by atoms with E-state index in [1.165, 1.54) is 22.3 Å². The molecule has 2 aromatic rings. The number of benzene rings is 1. The van der Waals surface area contributed by atoms with Gasteiger partial charge in [-0.1, -0.05) is 24.3 Å². The molecule has 0 fully saturated rings. The van der Waals surface area contributed by atoms with Gasteiger partial charge in [0, 0.05) is 18.4 Å². The van der Waals surface area contributed by atoms with E-state index in [-0.39, 0.29) is 0 Å². The number of likely N-dealkylation sites (N-methyl/N-ethyl adjacent to an activating group) is 1. The first-order valence-electron chi connectivity index (χ1n) is 7.31. The predicted octanol–water partition coefficient (Wildman–Crippen LogP) is 3.46. The smallest absolute Gasteiger partial charge is 0.0299 e. The third-order valence-electron chi connectivity index (χ3n) is 3.97. The zero-order valence-electron chi connectivity index (χ0n) is 12.7. The number of hydrogen-bond acceptors (Lipinski definition) is 2. The minimum absolute atomic E-state index is 0.511. The van der Waals surface area contributed by atoms with Gasteiger partial charge >= 0.3 is 0 Å². The Bertz CT molecular complexity index is 534. The molecule has 0 bridgehead atoms. The van der Waals surface area contributed by atoms with Crippen LogP contribution in [0.4, 0.5) is 0 Å². The number of aryl methyl sites for hydroxylation is 3. The Morgan fingerprint density at radius 2 is 1.95 bits per heavy atom. The Morgan fingerprint density at radius 3 is 2.60 bits per heavy atom. The number of nitrogens with one attached hydrogen (secondary N) is 1. The number of pyridine rings is 1. The Kier molecular flexibility index (Phi) is 5.31. The molecule has 2 rings (SSSR count). The molecule has 0 aliphatic heterocycles. The fourth-order valence-corrected chi connectivity index (χ4v) is 2.45. The third kappa shape index (κ3) is 4.17. The van der Waals surface area contributed by atoms with Crippen molar-refractivity contribution < 1.29 is 0 Å². The van der Waals surface area contributed by atoms with Crippen LogP contribution in [-0.4, -0.2) is 18.1 Å². The highest BCUT2D eigenvalue weighted by Crippen LogP contribution is 2.13. The van der Waals surface area contributed by atoms with Crippen LogP contribution in [0.3, 0.4) is 0 Å². The van der Waals surface area contributed by atoms with Gasteiger partial charge in [0.05, 0.1) is 0 Å². The summed E-state index contributed by atoms with van der Waals surface area (Å²) in [6, 6.07) is 11.4. The summed E-state index contributed by atoms with van der Waals surface area (Å²) in [6.07, 6.45) is 7.08. The topological polar surface area (TPSA) is 24.9 Å². The van der Waals surface area contributed by atoms with E-state index in [0.717, 1.165) is 19.3 Å². The Balaban J connectivity index is 1.93. The lowest BCUT2D eigenvalue weighted by molar-refractivity contribution is 0.520. The first kappa shape index (κ1) is 14.7. The molecule has 1 N–H and O–H groups in total. The van der Waals surface area contributed by atoms with Crippen molar-refractivity contribution in [1.29, 1.82) is 0 Å². The van der Waals surface area contributed by atoms with Crippen molar-refractivity contribution in [3.63, 3.8) is 0 Å². The molecule has 106 valence electrons. The second-order valence-corrected chi connectivity index (χ2v) is 5.51. The molecule has 0 aliphatic rings. The maximum Gasteiger partial charge on any atom is 0.0299 e. The summed E-state index contributed by atoms with van der Waals surface area (Å²) in [5.74, 6) is 0. The number of rotatable bonds is 6. The van der Waals surface area contributed by atoms with Gasteiger partial charge in [-0.15, -0.1) is 0 Å². The van der Waals surface area contributed by atoms with Crippen molar-refractivity contribution in [2.24, 2.45) is 0 Å². The summed E-state index contributed by atoms with van der Waals surface area (Å²) in [7, 11) is 2.05. The monoisotopic (exact) mass is 268 g/mol. The quantitative estimate of drug-likeness (QED) is 0.868. The molecule has 0 radical (unpaired) electrons. The largest absolute Gasteiger partial charge is 0.317 e. The summed E-state index contributed by atoms with van der Waals surface area (Å²) in [5, 5.41) is 3.43. The van der Waals surface area contributed by atoms with E-state index in [1.807, 2.05) is 18.5 Å². The van der Waals surface area contributed by atoms with Gasteiger partial charge in [-0.05, 0) is 68.5 Å². The minimum atomic E-state index is 0.511. The van der Waals surface area contributed by atoms with Crippen molar-refractivity contribution in [3.8, 4) is 0 Å². The lowest BCUT2D eigenvalue weighted by Crippen LogP contribution is -2.28. The van der Waals surface area contributed by atoms with Gasteiger partial charge in [0.15, 0.2) is 0 Å². The molecule has 0 amide bonds. The van der Waals surface area contributed by atoms with Gasteiger partial charge in [0.1, 0.15) is 0 Å². The predicted molar refractivity (Wildman–Crippen MR) is 85.0 cm³/mol. The highest BCUT2D eigenvalue weighted by Gasteiger charge is 2.08. The Hall–Kier alpha value is -1.67. The van der Waals surface area contributed by atoms with Crippen LogP contribution < -0.4 is 5.32 Å². The van der Waals surface area contributed by atoms with E-state index in [2.05, 4.69) is 55.5 Å². The van der Waals surface area contributed by atoms with Gasteiger partial charge in [0.25, 0.3) is 0 Å². The standard InChI is InChI=1S/C18H24N2/c1-14-6-7-17(11-15(14)2)12-18(19-3)9-8-16-5-4-10-20-13-16/h4-7,10-11,13,18-19H,8-9,12H2,1-3H3. The van der Waals surface area contributed by atoms with Crippen LogP contribution in [-0.2, 0) is 12.8 Å². The van der Waals surface area contributed by atoms with Crippen molar-refractivity contribution in [2.45, 2.75) is 39.2 Å². The van der Waals surface area contributed by atoms with Crippen LogP contribution in [0.1, 0.15) is 28.7 Å². The molecule has 1 heterocycles. The van der Waals surface area contributed by atoms with Crippen molar-refractivity contribution in [2.75, 3.05) is 7.05 Å². The van der Waals surface area contributed by atoms with E-state index >= 15 is 0 Å². The fraction of sp³-hybridized carbons (Fsp3) is 0.389. The van der Waals surface area contributed by atoms with Crippen LogP contribution in [0.15, 0.2) is 42.7 Å². The maximum atomic E-state index is 4.17. The maximum absolute atomic E-state index is 4.17. The zero-order valence-corrected chi connectivity index (χ0v) is 12.7. The molecule has 0 aliphatic carbocycles. The molecular weight excluding hydrogens is 244 g/mol. The Morgan fingerprint density at radius 1 is 1.10 bits per heavy atom. The van der Waals surface area contributed by atoms with Crippen molar-refractivity contribution in [3.05, 3.63) is 65.0 Å². The fourth-order valence-electron chi connectivity index (χ4n) is 2.45. The van der Waals surface area contributed by atoms with Crippen LogP contribution in [0.25, 0.3) is 0 Å². The van der Waals surface area contributed by atoms with E-state index in [0.29, 0.717) is 6.04 Å². The lowest BCUT2D eigenvalue weighted by atomic mass is 9.97. The van der Waals surface area contributed by atoms with Crippen molar-refractivity contribution >= 4 is 0 Å². The van der Waals surface area contributed by atoms with Gasteiger partial charge in [-0.25, -0.2) is 0 Å². The zero-order chi connectivity index (χ0) is 14.4. The number of aromatic nitrogens is 1.